The van der Waals surface area contributed by atoms with Gasteiger partial charge in [-0.1, -0.05) is 18.2 Å². The molecule has 1 aromatic carbocycles. The Morgan fingerprint density at radius 1 is 1.19 bits per heavy atom. The molecule has 0 aliphatic rings. The summed E-state index contributed by atoms with van der Waals surface area (Å²) < 4.78 is 1.93. The van der Waals surface area contributed by atoms with Gasteiger partial charge in [-0.25, -0.2) is 4.68 Å². The zero-order valence-corrected chi connectivity index (χ0v) is 12.9. The lowest BCUT2D eigenvalue weighted by atomic mass is 10.1. The lowest BCUT2D eigenvalue weighted by Crippen LogP contribution is -2.18. The number of nitrogens with zero attached hydrogens (tertiary/aromatic N) is 2. The summed E-state index contributed by atoms with van der Waals surface area (Å²) in [5.74, 6) is 0. The highest BCUT2D eigenvalue weighted by molar-refractivity contribution is 7.07. The third-order valence-electron chi connectivity index (χ3n) is 3.64. The molecule has 0 radical (unpaired) electrons. The van der Waals surface area contributed by atoms with Crippen LogP contribution in [0.1, 0.15) is 23.7 Å². The summed E-state index contributed by atoms with van der Waals surface area (Å²) in [5, 5.41) is 12.4. The van der Waals surface area contributed by atoms with E-state index in [4.69, 9.17) is 5.10 Å². The van der Waals surface area contributed by atoms with E-state index in [0.717, 1.165) is 24.2 Å². The van der Waals surface area contributed by atoms with Crippen LogP contribution in [0.25, 0.3) is 5.69 Å². The summed E-state index contributed by atoms with van der Waals surface area (Å²) in [6.45, 7) is 0. The molecule has 2 aromatic heterocycles. The van der Waals surface area contributed by atoms with Crippen LogP contribution in [0.5, 0.6) is 0 Å². The first-order valence-electron chi connectivity index (χ1n) is 7.16. The molecule has 0 saturated carbocycles. The van der Waals surface area contributed by atoms with E-state index < -0.39 is 0 Å². The molecule has 1 atom stereocenters. The molecule has 4 heteroatoms. The number of benzene rings is 1. The van der Waals surface area contributed by atoms with Gasteiger partial charge in [0.1, 0.15) is 0 Å². The van der Waals surface area contributed by atoms with Crippen molar-refractivity contribution in [3.8, 4) is 5.69 Å². The second-order valence-electron chi connectivity index (χ2n) is 5.03. The number of thiophene rings is 1. The third kappa shape index (κ3) is 3.40. The number of nitrogens with one attached hydrogen (secondary N) is 1. The van der Waals surface area contributed by atoms with E-state index in [1.807, 2.05) is 36.1 Å². The fraction of sp³-hybridized carbons (Fsp3) is 0.235. The van der Waals surface area contributed by atoms with Crippen molar-refractivity contribution in [1.82, 2.24) is 15.1 Å². The Bertz CT molecular complexity index is 658. The Balaban J connectivity index is 1.71. The van der Waals surface area contributed by atoms with Crippen LogP contribution < -0.4 is 5.32 Å². The standard InChI is InChI=1S/C17H19N3S/c1-18-16(8-7-14-10-12-21-13-14)17-9-11-20(19-17)15-5-3-2-4-6-15/h2-6,9-13,16,18H,7-8H2,1H3. The maximum absolute atomic E-state index is 4.71. The van der Waals surface area contributed by atoms with Gasteiger partial charge in [0.15, 0.2) is 0 Å². The first kappa shape index (κ1) is 14.0. The fourth-order valence-electron chi connectivity index (χ4n) is 2.43. The van der Waals surface area contributed by atoms with Crippen molar-refractivity contribution < 1.29 is 0 Å². The maximum atomic E-state index is 4.71. The Labute approximate surface area is 129 Å². The van der Waals surface area contributed by atoms with E-state index in [2.05, 4.69) is 40.3 Å². The molecule has 108 valence electrons. The lowest BCUT2D eigenvalue weighted by Gasteiger charge is -2.13. The number of rotatable bonds is 6. The SMILES string of the molecule is CNC(CCc1ccsc1)c1ccn(-c2ccccc2)n1. The second kappa shape index (κ2) is 6.70. The molecular weight excluding hydrogens is 278 g/mol. The van der Waals surface area contributed by atoms with Crippen LogP contribution in [0.2, 0.25) is 0 Å². The van der Waals surface area contributed by atoms with Crippen molar-refractivity contribution in [3.05, 3.63) is 70.7 Å². The van der Waals surface area contributed by atoms with Gasteiger partial charge < -0.3 is 5.32 Å². The summed E-state index contributed by atoms with van der Waals surface area (Å²) in [4.78, 5) is 0. The van der Waals surface area contributed by atoms with Crippen LogP contribution in [0.4, 0.5) is 0 Å². The number of hydrogen-bond donors (Lipinski definition) is 1. The van der Waals surface area contributed by atoms with Crippen LogP contribution in [-0.2, 0) is 6.42 Å². The van der Waals surface area contributed by atoms with Crippen molar-refractivity contribution >= 4 is 11.3 Å². The van der Waals surface area contributed by atoms with Crippen molar-refractivity contribution in [1.29, 1.82) is 0 Å². The van der Waals surface area contributed by atoms with E-state index >= 15 is 0 Å². The zero-order chi connectivity index (χ0) is 14.5. The van der Waals surface area contributed by atoms with E-state index in [-0.39, 0.29) is 6.04 Å². The van der Waals surface area contributed by atoms with E-state index in [0.29, 0.717) is 0 Å². The van der Waals surface area contributed by atoms with E-state index in [9.17, 15) is 0 Å². The molecule has 3 aromatic rings. The van der Waals surface area contributed by atoms with Gasteiger partial charge in [-0.05, 0) is 60.5 Å². The minimum absolute atomic E-state index is 0.287. The van der Waals surface area contributed by atoms with Gasteiger partial charge in [0, 0.05) is 6.20 Å². The van der Waals surface area contributed by atoms with Gasteiger partial charge in [-0.15, -0.1) is 0 Å². The quantitative estimate of drug-likeness (QED) is 0.749. The second-order valence-corrected chi connectivity index (χ2v) is 5.81. The van der Waals surface area contributed by atoms with Crippen LogP contribution in [0.15, 0.2) is 59.4 Å². The minimum Gasteiger partial charge on any atom is -0.312 e. The first-order valence-corrected chi connectivity index (χ1v) is 8.10. The van der Waals surface area contributed by atoms with Crippen LogP contribution >= 0.6 is 11.3 Å². The highest BCUT2D eigenvalue weighted by Gasteiger charge is 2.13. The summed E-state index contributed by atoms with van der Waals surface area (Å²) in [5.41, 5.74) is 3.59. The molecule has 0 bridgehead atoms. The smallest absolute Gasteiger partial charge is 0.0798 e. The topological polar surface area (TPSA) is 29.9 Å². The molecule has 0 fully saturated rings. The number of para-hydroxylation sites is 1. The third-order valence-corrected chi connectivity index (χ3v) is 4.37. The van der Waals surface area contributed by atoms with Crippen molar-refractivity contribution in [2.75, 3.05) is 7.05 Å². The van der Waals surface area contributed by atoms with Crippen molar-refractivity contribution in [2.45, 2.75) is 18.9 Å². The average molecular weight is 297 g/mol. The van der Waals surface area contributed by atoms with Gasteiger partial charge in [0.05, 0.1) is 17.4 Å². The molecule has 3 nitrogen and oxygen atoms in total. The molecule has 0 amide bonds. The van der Waals surface area contributed by atoms with Gasteiger partial charge in [-0.2, -0.15) is 16.4 Å². The summed E-state index contributed by atoms with van der Waals surface area (Å²) >= 11 is 1.76. The van der Waals surface area contributed by atoms with Crippen LogP contribution in [0, 0.1) is 0 Å². The monoisotopic (exact) mass is 297 g/mol. The molecule has 1 N–H and O–H groups in total. The summed E-state index contributed by atoms with van der Waals surface area (Å²) in [6.07, 6.45) is 4.16. The number of aryl methyl sites for hydroxylation is 1. The van der Waals surface area contributed by atoms with E-state index in [1.54, 1.807) is 11.3 Å². The van der Waals surface area contributed by atoms with Crippen molar-refractivity contribution in [3.63, 3.8) is 0 Å². The Kier molecular flexibility index (Phi) is 4.48. The van der Waals surface area contributed by atoms with Crippen LogP contribution in [0.3, 0.4) is 0 Å². The molecule has 0 aliphatic carbocycles. The molecule has 2 heterocycles. The molecule has 3 rings (SSSR count). The molecule has 1 unspecified atom stereocenters. The zero-order valence-electron chi connectivity index (χ0n) is 12.1. The predicted molar refractivity (Wildman–Crippen MR) is 88.0 cm³/mol. The minimum atomic E-state index is 0.287. The van der Waals surface area contributed by atoms with Crippen LogP contribution in [-0.4, -0.2) is 16.8 Å². The largest absolute Gasteiger partial charge is 0.312 e. The Hall–Kier alpha value is -1.91. The first-order chi connectivity index (χ1) is 10.4. The fourth-order valence-corrected chi connectivity index (χ4v) is 3.14. The predicted octanol–water partition coefficient (Wildman–Crippen LogP) is 3.83. The summed E-state index contributed by atoms with van der Waals surface area (Å²) in [6, 6.07) is 14.8. The van der Waals surface area contributed by atoms with Crippen molar-refractivity contribution in [2.24, 2.45) is 0 Å². The molecule has 0 saturated heterocycles. The Morgan fingerprint density at radius 2 is 2.05 bits per heavy atom. The molecular formula is C17H19N3S. The molecule has 0 aliphatic heterocycles. The summed E-state index contributed by atoms with van der Waals surface area (Å²) in [7, 11) is 2.00. The highest BCUT2D eigenvalue weighted by atomic mass is 32.1. The average Bonchev–Trinajstić information content (AvgIpc) is 3.20. The molecule has 0 spiro atoms. The number of hydrogen-bond acceptors (Lipinski definition) is 3. The number of aromatic nitrogens is 2. The lowest BCUT2D eigenvalue weighted by molar-refractivity contribution is 0.531. The highest BCUT2D eigenvalue weighted by Crippen LogP contribution is 2.19. The van der Waals surface area contributed by atoms with Gasteiger partial charge >= 0.3 is 0 Å². The van der Waals surface area contributed by atoms with Gasteiger partial charge in [-0.3, -0.25) is 0 Å². The maximum Gasteiger partial charge on any atom is 0.0798 e. The Morgan fingerprint density at radius 3 is 2.76 bits per heavy atom. The molecule has 21 heavy (non-hydrogen) atoms. The van der Waals surface area contributed by atoms with E-state index in [1.165, 1.54) is 5.56 Å². The van der Waals surface area contributed by atoms with Gasteiger partial charge in [0.2, 0.25) is 0 Å². The normalized spacial score (nSPS) is 12.4. The van der Waals surface area contributed by atoms with Gasteiger partial charge in [0.25, 0.3) is 0 Å².